The molecule has 11 heteroatoms. The van der Waals surface area contributed by atoms with Gasteiger partial charge in [0.1, 0.15) is 17.5 Å². The molecule has 204 valence electrons. The predicted molar refractivity (Wildman–Crippen MR) is 151 cm³/mol. The molecular formula is C29H29N7O4. The number of hydrogen-bond acceptors (Lipinski definition) is 7. The van der Waals surface area contributed by atoms with E-state index in [0.717, 1.165) is 22.6 Å². The number of nitrogens with one attached hydrogen (secondary N) is 1. The van der Waals surface area contributed by atoms with Crippen LogP contribution in [-0.4, -0.2) is 63.4 Å². The second-order valence-electron chi connectivity index (χ2n) is 9.20. The number of rotatable bonds is 10. The number of esters is 1. The number of aryl methyl sites for hydroxylation is 1. The topological polar surface area (TPSA) is 122 Å². The largest absolute Gasteiger partial charge is 0.466 e. The maximum Gasteiger partial charge on any atom is 0.350 e. The van der Waals surface area contributed by atoms with E-state index in [2.05, 4.69) is 15.3 Å². The molecule has 0 fully saturated rings. The summed E-state index contributed by atoms with van der Waals surface area (Å²) in [6.45, 7) is 2.64. The molecule has 40 heavy (non-hydrogen) atoms. The first-order valence-corrected chi connectivity index (χ1v) is 12.9. The van der Waals surface area contributed by atoms with Gasteiger partial charge < -0.3 is 14.6 Å². The van der Waals surface area contributed by atoms with Crippen molar-refractivity contribution in [2.24, 2.45) is 12.0 Å². The standard InChI is InChI=1S/C29H29N7O4/c1-4-40-26(37)14-16-36(24-7-5-6-15-30-24)28(38)20-10-13-23-22(17-20)32-25(34(23)2)18-31-21-11-8-19(9-12-21)27-33-29(39)35(27)3/h5-13,15,17,31H,4,14,16,18H2,1-3H3. The number of carbonyl (C=O) groups excluding carboxylic acids is 3. The summed E-state index contributed by atoms with van der Waals surface area (Å²) in [5, 5.41) is 3.37. The molecule has 2 aromatic carbocycles. The van der Waals surface area contributed by atoms with Crippen LogP contribution in [0.1, 0.15) is 35.1 Å². The van der Waals surface area contributed by atoms with Crippen molar-refractivity contribution in [1.29, 1.82) is 0 Å². The van der Waals surface area contributed by atoms with E-state index in [1.165, 1.54) is 9.80 Å². The zero-order valence-corrected chi connectivity index (χ0v) is 22.5. The van der Waals surface area contributed by atoms with Gasteiger partial charge in [-0.1, -0.05) is 6.07 Å². The van der Waals surface area contributed by atoms with Gasteiger partial charge in [-0.05, 0) is 61.5 Å². The van der Waals surface area contributed by atoms with Crippen LogP contribution in [0.15, 0.2) is 71.9 Å². The summed E-state index contributed by atoms with van der Waals surface area (Å²) >= 11 is 0. The first-order valence-electron chi connectivity index (χ1n) is 12.9. The van der Waals surface area contributed by atoms with Crippen LogP contribution < -0.4 is 10.2 Å². The first-order chi connectivity index (χ1) is 19.4. The molecule has 11 nitrogen and oxygen atoms in total. The van der Waals surface area contributed by atoms with Crippen molar-refractivity contribution >= 4 is 46.3 Å². The van der Waals surface area contributed by atoms with E-state index < -0.39 is 0 Å². The van der Waals surface area contributed by atoms with Gasteiger partial charge in [0.05, 0.1) is 30.6 Å². The average Bonchev–Trinajstić information content (AvgIpc) is 3.30. The molecule has 1 aliphatic heterocycles. The number of nitrogens with zero attached hydrogens (tertiary/aromatic N) is 6. The highest BCUT2D eigenvalue weighted by Gasteiger charge is 2.26. The number of benzene rings is 2. The van der Waals surface area contributed by atoms with Crippen LogP contribution in [0.3, 0.4) is 0 Å². The molecule has 0 unspecified atom stereocenters. The number of aromatic nitrogens is 3. The van der Waals surface area contributed by atoms with Gasteiger partial charge in [0.15, 0.2) is 0 Å². The highest BCUT2D eigenvalue weighted by molar-refractivity contribution is 6.19. The highest BCUT2D eigenvalue weighted by atomic mass is 16.5. The molecule has 3 amide bonds. The minimum atomic E-state index is -0.373. The first kappa shape index (κ1) is 26.5. The van der Waals surface area contributed by atoms with Crippen molar-refractivity contribution in [2.45, 2.75) is 19.9 Å². The number of hydrogen-bond donors (Lipinski definition) is 1. The lowest BCUT2D eigenvalue weighted by atomic mass is 10.1. The fraction of sp³-hybridized carbons (Fsp3) is 0.241. The molecule has 1 N–H and O–H groups in total. The van der Waals surface area contributed by atoms with Crippen LogP contribution in [0.5, 0.6) is 0 Å². The van der Waals surface area contributed by atoms with Gasteiger partial charge in [0.25, 0.3) is 5.91 Å². The minimum Gasteiger partial charge on any atom is -0.466 e. The summed E-state index contributed by atoms with van der Waals surface area (Å²) in [4.78, 5) is 52.9. The average molecular weight is 540 g/mol. The maximum absolute atomic E-state index is 13.6. The van der Waals surface area contributed by atoms with Crippen molar-refractivity contribution in [3.8, 4) is 0 Å². The second kappa shape index (κ2) is 11.4. The SMILES string of the molecule is CCOC(=O)CCN(C(=O)c1ccc2c(c1)nc(CNc1ccc(C3=NC(=O)N3C)cc1)n2C)c1ccccn1. The molecule has 0 saturated carbocycles. The molecule has 2 aromatic heterocycles. The van der Waals surface area contributed by atoms with Crippen LogP contribution in [0.4, 0.5) is 16.3 Å². The monoisotopic (exact) mass is 539 g/mol. The number of imidazole rings is 1. The van der Waals surface area contributed by atoms with Gasteiger partial charge in [-0.25, -0.2) is 14.8 Å². The Balaban J connectivity index is 1.31. The molecule has 4 aromatic rings. The Labute approximate surface area is 231 Å². The van der Waals surface area contributed by atoms with Crippen molar-refractivity contribution < 1.29 is 19.1 Å². The van der Waals surface area contributed by atoms with E-state index in [-0.39, 0.29) is 37.5 Å². The Hall–Kier alpha value is -5.06. The van der Waals surface area contributed by atoms with Crippen LogP contribution in [0, 0.1) is 0 Å². The molecule has 1 aliphatic rings. The van der Waals surface area contributed by atoms with E-state index in [1.807, 2.05) is 41.9 Å². The number of ether oxygens (including phenoxy) is 1. The van der Waals surface area contributed by atoms with Crippen molar-refractivity contribution in [3.05, 3.63) is 83.8 Å². The number of pyridine rings is 1. The molecule has 0 radical (unpaired) electrons. The summed E-state index contributed by atoms with van der Waals surface area (Å²) < 4.78 is 7.02. The molecule has 0 spiro atoms. The van der Waals surface area contributed by atoms with E-state index in [1.54, 1.807) is 50.5 Å². The molecule has 0 aliphatic carbocycles. The normalized spacial score (nSPS) is 12.6. The van der Waals surface area contributed by atoms with Gasteiger partial charge in [0.2, 0.25) is 0 Å². The molecular weight excluding hydrogens is 510 g/mol. The summed E-state index contributed by atoms with van der Waals surface area (Å²) in [7, 11) is 3.62. The molecule has 3 heterocycles. The third-order valence-corrected chi connectivity index (χ3v) is 6.64. The van der Waals surface area contributed by atoms with Crippen molar-refractivity contribution in [2.75, 3.05) is 30.4 Å². The smallest absolute Gasteiger partial charge is 0.350 e. The summed E-state index contributed by atoms with van der Waals surface area (Å²) in [6, 6.07) is 18.1. The van der Waals surface area contributed by atoms with E-state index in [0.29, 0.717) is 29.3 Å². The summed E-state index contributed by atoms with van der Waals surface area (Å²) in [6.07, 6.45) is 1.66. The number of carbonyl (C=O) groups is 3. The number of anilines is 2. The van der Waals surface area contributed by atoms with Crippen LogP contribution in [0.2, 0.25) is 0 Å². The van der Waals surface area contributed by atoms with E-state index >= 15 is 0 Å². The zero-order chi connectivity index (χ0) is 28.2. The van der Waals surface area contributed by atoms with Crippen molar-refractivity contribution in [3.63, 3.8) is 0 Å². The molecule has 5 rings (SSSR count). The van der Waals surface area contributed by atoms with Crippen LogP contribution in [0.25, 0.3) is 11.0 Å². The fourth-order valence-electron chi connectivity index (χ4n) is 4.43. The number of aliphatic imine (C=N–C) groups is 1. The van der Waals surface area contributed by atoms with Crippen molar-refractivity contribution in [1.82, 2.24) is 19.4 Å². The zero-order valence-electron chi connectivity index (χ0n) is 22.5. The highest BCUT2D eigenvalue weighted by Crippen LogP contribution is 2.22. The molecule has 0 bridgehead atoms. The third kappa shape index (κ3) is 5.39. The van der Waals surface area contributed by atoms with E-state index in [4.69, 9.17) is 9.72 Å². The number of amides is 3. The summed E-state index contributed by atoms with van der Waals surface area (Å²) in [5.74, 6) is 1.25. The molecule has 0 saturated heterocycles. The lowest BCUT2D eigenvalue weighted by Crippen LogP contribution is -2.41. The quantitative estimate of drug-likeness (QED) is 0.302. The maximum atomic E-state index is 13.6. The van der Waals surface area contributed by atoms with E-state index in [9.17, 15) is 14.4 Å². The van der Waals surface area contributed by atoms with Gasteiger partial charge in [-0.2, -0.15) is 4.99 Å². The Kier molecular flexibility index (Phi) is 7.54. The number of amidine groups is 1. The number of fused-ring (bicyclic) bond motifs is 1. The van der Waals surface area contributed by atoms with Gasteiger partial charge in [-0.15, -0.1) is 0 Å². The Morgan fingerprint density at radius 2 is 1.85 bits per heavy atom. The lowest BCUT2D eigenvalue weighted by Gasteiger charge is -2.25. The minimum absolute atomic E-state index is 0.0573. The number of urea groups is 1. The second-order valence-corrected chi connectivity index (χ2v) is 9.20. The van der Waals surface area contributed by atoms with Crippen LogP contribution >= 0.6 is 0 Å². The summed E-state index contributed by atoms with van der Waals surface area (Å²) in [5.41, 5.74) is 3.78. The Morgan fingerprint density at radius 3 is 2.52 bits per heavy atom. The lowest BCUT2D eigenvalue weighted by molar-refractivity contribution is -0.142. The third-order valence-electron chi connectivity index (χ3n) is 6.64. The Morgan fingerprint density at radius 1 is 1.05 bits per heavy atom. The fourth-order valence-corrected chi connectivity index (χ4v) is 4.43. The predicted octanol–water partition coefficient (Wildman–Crippen LogP) is 3.99. The molecule has 0 atom stereocenters. The van der Waals surface area contributed by atoms with Gasteiger partial charge >= 0.3 is 12.0 Å². The Bertz CT molecular complexity index is 1600. The van der Waals surface area contributed by atoms with Gasteiger partial charge in [-0.3, -0.25) is 19.4 Å². The van der Waals surface area contributed by atoms with Crippen LogP contribution in [-0.2, 0) is 23.1 Å². The van der Waals surface area contributed by atoms with Gasteiger partial charge in [0, 0.05) is 43.7 Å².